The number of hydrogen-bond acceptors (Lipinski definition) is 4. The second-order valence-electron chi connectivity index (χ2n) is 5.70. The van der Waals surface area contributed by atoms with Crippen LogP contribution in [0.3, 0.4) is 0 Å². The summed E-state index contributed by atoms with van der Waals surface area (Å²) in [6.07, 6.45) is 1.67. The maximum atomic E-state index is 12.6. The molecule has 3 aromatic rings. The summed E-state index contributed by atoms with van der Waals surface area (Å²) >= 11 is 0. The number of amides is 1. The van der Waals surface area contributed by atoms with Gasteiger partial charge in [0.05, 0.1) is 5.69 Å². The second kappa shape index (κ2) is 7.08. The number of nitrogens with zero attached hydrogens (tertiary/aromatic N) is 2. The summed E-state index contributed by atoms with van der Waals surface area (Å²) < 4.78 is 5.21. The smallest absolute Gasteiger partial charge is 0.257 e. The number of pyridine rings is 1. The predicted molar refractivity (Wildman–Crippen MR) is 91.7 cm³/mol. The van der Waals surface area contributed by atoms with Gasteiger partial charge in [0, 0.05) is 12.7 Å². The van der Waals surface area contributed by atoms with Crippen LogP contribution in [0.1, 0.15) is 34.5 Å². The largest absolute Gasteiger partial charge is 0.360 e. The number of aromatic nitrogens is 2. The zero-order valence-corrected chi connectivity index (χ0v) is 13.7. The minimum atomic E-state index is -0.197. The van der Waals surface area contributed by atoms with Crippen molar-refractivity contribution in [3.63, 3.8) is 0 Å². The van der Waals surface area contributed by atoms with Crippen molar-refractivity contribution in [1.29, 1.82) is 0 Å². The van der Waals surface area contributed by atoms with Crippen molar-refractivity contribution in [1.82, 2.24) is 15.5 Å². The zero-order chi connectivity index (χ0) is 16.9. The zero-order valence-electron chi connectivity index (χ0n) is 13.7. The monoisotopic (exact) mass is 321 g/mol. The van der Waals surface area contributed by atoms with Crippen LogP contribution in [0.4, 0.5) is 0 Å². The average molecular weight is 321 g/mol. The van der Waals surface area contributed by atoms with E-state index in [1.54, 1.807) is 19.2 Å². The van der Waals surface area contributed by atoms with E-state index >= 15 is 0 Å². The van der Waals surface area contributed by atoms with Gasteiger partial charge in [0.15, 0.2) is 0 Å². The van der Waals surface area contributed by atoms with Crippen molar-refractivity contribution < 1.29 is 9.32 Å². The quantitative estimate of drug-likeness (QED) is 0.780. The van der Waals surface area contributed by atoms with Gasteiger partial charge in [0.2, 0.25) is 0 Å². The number of carbonyl (C=O) groups excluding carboxylic acids is 1. The molecule has 122 valence electrons. The molecule has 5 nitrogen and oxygen atoms in total. The van der Waals surface area contributed by atoms with Crippen molar-refractivity contribution >= 4 is 5.91 Å². The third-order valence-electron chi connectivity index (χ3n) is 3.93. The van der Waals surface area contributed by atoms with Crippen LogP contribution in [-0.4, -0.2) is 22.6 Å². The van der Waals surface area contributed by atoms with Gasteiger partial charge in [-0.15, -0.1) is 0 Å². The van der Waals surface area contributed by atoms with Gasteiger partial charge >= 0.3 is 0 Å². The fourth-order valence-electron chi connectivity index (χ4n) is 2.55. The first-order valence-electron chi connectivity index (χ1n) is 7.87. The van der Waals surface area contributed by atoms with Crippen molar-refractivity contribution in [3.8, 4) is 11.4 Å². The Morgan fingerprint density at radius 2 is 1.92 bits per heavy atom. The van der Waals surface area contributed by atoms with E-state index < -0.39 is 0 Å². The Hall–Kier alpha value is -2.95. The van der Waals surface area contributed by atoms with Crippen LogP contribution in [0.25, 0.3) is 11.4 Å². The fraction of sp³-hybridized carbons (Fsp3) is 0.211. The molecule has 1 aromatic carbocycles. The molecule has 2 aromatic heterocycles. The summed E-state index contributed by atoms with van der Waals surface area (Å²) in [5, 5.41) is 6.96. The Labute approximate surface area is 140 Å². The summed E-state index contributed by atoms with van der Waals surface area (Å²) in [6, 6.07) is 15.6. The average Bonchev–Trinajstić information content (AvgIpc) is 3.02. The summed E-state index contributed by atoms with van der Waals surface area (Å²) in [5.41, 5.74) is 2.72. The lowest BCUT2D eigenvalue weighted by molar-refractivity contribution is 0.0950. The molecular formula is C19H19N3O2. The molecule has 0 saturated heterocycles. The van der Waals surface area contributed by atoms with Crippen LogP contribution in [-0.2, 0) is 0 Å². The van der Waals surface area contributed by atoms with Crippen LogP contribution in [0.5, 0.6) is 0 Å². The number of nitrogens with one attached hydrogen (secondary N) is 1. The van der Waals surface area contributed by atoms with Gasteiger partial charge in [0.1, 0.15) is 17.0 Å². The SMILES string of the molecule is Cc1onc(-c2ccccn2)c1C(=O)NC[C@H](C)c1ccccc1. The topological polar surface area (TPSA) is 68.0 Å². The lowest BCUT2D eigenvalue weighted by Crippen LogP contribution is -2.28. The molecule has 0 saturated carbocycles. The van der Waals surface area contributed by atoms with Gasteiger partial charge in [-0.1, -0.05) is 48.5 Å². The lowest BCUT2D eigenvalue weighted by Gasteiger charge is -2.13. The molecule has 0 fully saturated rings. The number of aryl methyl sites for hydroxylation is 1. The maximum Gasteiger partial charge on any atom is 0.257 e. The van der Waals surface area contributed by atoms with Crippen LogP contribution >= 0.6 is 0 Å². The van der Waals surface area contributed by atoms with Crippen LogP contribution in [0.15, 0.2) is 59.3 Å². The van der Waals surface area contributed by atoms with E-state index in [0.717, 1.165) is 0 Å². The van der Waals surface area contributed by atoms with E-state index in [1.165, 1.54) is 5.56 Å². The Kier molecular flexibility index (Phi) is 4.70. The van der Waals surface area contributed by atoms with Gasteiger partial charge in [-0.25, -0.2) is 0 Å². The molecule has 0 spiro atoms. The first-order valence-corrected chi connectivity index (χ1v) is 7.87. The fourth-order valence-corrected chi connectivity index (χ4v) is 2.55. The molecule has 0 bridgehead atoms. The Balaban J connectivity index is 1.75. The first-order chi connectivity index (χ1) is 11.7. The molecule has 24 heavy (non-hydrogen) atoms. The number of carbonyl (C=O) groups is 1. The molecule has 3 rings (SSSR count). The molecule has 2 heterocycles. The minimum absolute atomic E-state index is 0.197. The standard InChI is InChI=1S/C19H19N3O2/c1-13(15-8-4-3-5-9-15)12-21-19(23)17-14(2)24-22-18(17)16-10-6-7-11-20-16/h3-11,13H,12H2,1-2H3,(H,21,23)/t13-/m0/s1. The maximum absolute atomic E-state index is 12.6. The van der Waals surface area contributed by atoms with E-state index in [4.69, 9.17) is 4.52 Å². The Morgan fingerprint density at radius 1 is 1.17 bits per heavy atom. The van der Waals surface area contributed by atoms with E-state index in [-0.39, 0.29) is 11.8 Å². The molecule has 0 unspecified atom stereocenters. The molecule has 1 atom stereocenters. The lowest BCUT2D eigenvalue weighted by atomic mass is 10.0. The molecule has 1 amide bonds. The summed E-state index contributed by atoms with van der Waals surface area (Å²) in [7, 11) is 0. The highest BCUT2D eigenvalue weighted by molar-refractivity contribution is 6.00. The highest BCUT2D eigenvalue weighted by atomic mass is 16.5. The van der Waals surface area contributed by atoms with Gasteiger partial charge in [-0.05, 0) is 30.5 Å². The Bertz CT molecular complexity index is 813. The van der Waals surface area contributed by atoms with Crippen LogP contribution in [0, 0.1) is 6.92 Å². The normalized spacial score (nSPS) is 11.9. The van der Waals surface area contributed by atoms with E-state index in [9.17, 15) is 4.79 Å². The van der Waals surface area contributed by atoms with Gasteiger partial charge in [-0.3, -0.25) is 9.78 Å². The molecule has 0 aliphatic heterocycles. The van der Waals surface area contributed by atoms with Crippen molar-refractivity contribution in [2.45, 2.75) is 19.8 Å². The molecular weight excluding hydrogens is 302 g/mol. The summed E-state index contributed by atoms with van der Waals surface area (Å²) in [6.45, 7) is 4.35. The molecule has 0 aliphatic rings. The van der Waals surface area contributed by atoms with Crippen molar-refractivity contribution in [3.05, 3.63) is 71.6 Å². The molecule has 1 N–H and O–H groups in total. The molecule has 0 radical (unpaired) electrons. The van der Waals surface area contributed by atoms with Crippen LogP contribution in [0.2, 0.25) is 0 Å². The molecule has 5 heteroatoms. The summed E-state index contributed by atoms with van der Waals surface area (Å²) in [4.78, 5) is 16.9. The summed E-state index contributed by atoms with van der Waals surface area (Å²) in [5.74, 6) is 0.506. The number of benzene rings is 1. The molecule has 0 aliphatic carbocycles. The van der Waals surface area contributed by atoms with Crippen molar-refractivity contribution in [2.24, 2.45) is 0 Å². The first kappa shape index (κ1) is 15.9. The minimum Gasteiger partial charge on any atom is -0.360 e. The Morgan fingerprint density at radius 3 is 2.62 bits per heavy atom. The van der Waals surface area contributed by atoms with Crippen molar-refractivity contribution in [2.75, 3.05) is 6.54 Å². The third-order valence-corrected chi connectivity index (χ3v) is 3.93. The van der Waals surface area contributed by atoms with Gasteiger partial charge in [0.25, 0.3) is 5.91 Å². The predicted octanol–water partition coefficient (Wildman–Crippen LogP) is 3.58. The van der Waals surface area contributed by atoms with E-state index in [1.807, 2.05) is 30.3 Å². The second-order valence-corrected chi connectivity index (χ2v) is 5.70. The van der Waals surface area contributed by atoms with Gasteiger partial charge in [-0.2, -0.15) is 0 Å². The van der Waals surface area contributed by atoms with E-state index in [2.05, 4.69) is 34.5 Å². The third kappa shape index (κ3) is 3.35. The van der Waals surface area contributed by atoms with Gasteiger partial charge < -0.3 is 9.84 Å². The number of hydrogen-bond donors (Lipinski definition) is 1. The highest BCUT2D eigenvalue weighted by Crippen LogP contribution is 2.23. The highest BCUT2D eigenvalue weighted by Gasteiger charge is 2.22. The van der Waals surface area contributed by atoms with E-state index in [0.29, 0.717) is 29.3 Å². The number of rotatable bonds is 5. The van der Waals surface area contributed by atoms with Crippen LogP contribution < -0.4 is 5.32 Å².